The summed E-state index contributed by atoms with van der Waals surface area (Å²) in [5.74, 6) is -0.171. The van der Waals surface area contributed by atoms with Crippen molar-refractivity contribution in [3.63, 3.8) is 0 Å². The lowest BCUT2D eigenvalue weighted by Crippen LogP contribution is -2.20. The minimum Gasteiger partial charge on any atom is -0.484 e. The zero-order valence-corrected chi connectivity index (χ0v) is 13.8. The zero-order chi connectivity index (χ0) is 17.5. The van der Waals surface area contributed by atoms with Crippen LogP contribution in [0.2, 0.25) is 0 Å². The summed E-state index contributed by atoms with van der Waals surface area (Å²) in [6, 6.07) is 13.7. The lowest BCUT2D eigenvalue weighted by Gasteiger charge is -2.11. The predicted octanol–water partition coefficient (Wildman–Crippen LogP) is 3.92. The van der Waals surface area contributed by atoms with Gasteiger partial charge in [-0.3, -0.25) is 4.79 Å². The van der Waals surface area contributed by atoms with Crippen LogP contribution in [0.3, 0.4) is 0 Å². The molecule has 1 unspecified atom stereocenters. The first-order valence-electron chi connectivity index (χ1n) is 7.85. The van der Waals surface area contributed by atoms with E-state index in [2.05, 4.69) is 19.2 Å². The van der Waals surface area contributed by atoms with Crippen LogP contribution in [0.15, 0.2) is 48.5 Å². The maximum absolute atomic E-state index is 11.9. The third kappa shape index (κ3) is 4.84. The van der Waals surface area contributed by atoms with Crippen molar-refractivity contribution < 1.29 is 19.4 Å². The van der Waals surface area contributed by atoms with E-state index in [1.54, 1.807) is 12.1 Å². The number of aromatic carboxylic acids is 1. The summed E-state index contributed by atoms with van der Waals surface area (Å²) in [7, 11) is 0. The second-order valence-electron chi connectivity index (χ2n) is 5.60. The maximum atomic E-state index is 11.9. The molecular weight excluding hydrogens is 306 g/mol. The van der Waals surface area contributed by atoms with Crippen molar-refractivity contribution in [1.82, 2.24) is 0 Å². The van der Waals surface area contributed by atoms with E-state index < -0.39 is 5.97 Å². The molecule has 2 aromatic carbocycles. The van der Waals surface area contributed by atoms with E-state index in [-0.39, 0.29) is 18.1 Å². The van der Waals surface area contributed by atoms with Crippen LogP contribution in [0.5, 0.6) is 5.75 Å². The number of carbonyl (C=O) groups excluding carboxylic acids is 1. The zero-order valence-electron chi connectivity index (χ0n) is 13.8. The van der Waals surface area contributed by atoms with Gasteiger partial charge >= 0.3 is 5.97 Å². The topological polar surface area (TPSA) is 75.6 Å². The SMILES string of the molecule is CCC(C)c1ccc(OCC(=O)Nc2ccc(C(=O)O)cc2)cc1. The van der Waals surface area contributed by atoms with E-state index >= 15 is 0 Å². The Kier molecular flexibility index (Phi) is 5.95. The van der Waals surface area contributed by atoms with Crippen LogP contribution >= 0.6 is 0 Å². The van der Waals surface area contributed by atoms with Crippen LogP contribution in [0, 0.1) is 0 Å². The number of amides is 1. The molecule has 0 aliphatic carbocycles. The Labute approximate surface area is 141 Å². The average Bonchev–Trinajstić information content (AvgIpc) is 2.60. The first-order chi connectivity index (χ1) is 11.5. The molecule has 0 aliphatic rings. The third-order valence-corrected chi connectivity index (χ3v) is 3.85. The van der Waals surface area contributed by atoms with Gasteiger partial charge in [-0.2, -0.15) is 0 Å². The molecule has 0 spiro atoms. The van der Waals surface area contributed by atoms with Crippen molar-refractivity contribution in [1.29, 1.82) is 0 Å². The van der Waals surface area contributed by atoms with Gasteiger partial charge in [0.1, 0.15) is 5.75 Å². The number of benzene rings is 2. The summed E-state index contributed by atoms with van der Waals surface area (Å²) >= 11 is 0. The fourth-order valence-corrected chi connectivity index (χ4v) is 2.17. The van der Waals surface area contributed by atoms with Gasteiger partial charge in [0, 0.05) is 5.69 Å². The Hall–Kier alpha value is -2.82. The van der Waals surface area contributed by atoms with Gasteiger partial charge in [-0.25, -0.2) is 4.79 Å². The first-order valence-corrected chi connectivity index (χ1v) is 7.85. The molecule has 1 amide bonds. The van der Waals surface area contributed by atoms with Crippen LogP contribution in [0.25, 0.3) is 0 Å². The highest BCUT2D eigenvalue weighted by Crippen LogP contribution is 2.21. The smallest absolute Gasteiger partial charge is 0.335 e. The first kappa shape index (κ1) is 17.5. The molecule has 2 aromatic rings. The normalized spacial score (nSPS) is 11.6. The fraction of sp³-hybridized carbons (Fsp3) is 0.263. The van der Waals surface area contributed by atoms with Crippen molar-refractivity contribution in [2.45, 2.75) is 26.2 Å². The molecule has 0 saturated heterocycles. The van der Waals surface area contributed by atoms with E-state index in [1.165, 1.54) is 17.7 Å². The highest BCUT2D eigenvalue weighted by Gasteiger charge is 2.07. The van der Waals surface area contributed by atoms with Gasteiger partial charge in [0.05, 0.1) is 5.56 Å². The van der Waals surface area contributed by atoms with Crippen LogP contribution < -0.4 is 10.1 Å². The second-order valence-corrected chi connectivity index (χ2v) is 5.60. The number of nitrogens with one attached hydrogen (secondary N) is 1. The molecule has 126 valence electrons. The summed E-state index contributed by atoms with van der Waals surface area (Å²) in [6.07, 6.45) is 1.07. The summed E-state index contributed by atoms with van der Waals surface area (Å²) in [6.45, 7) is 4.20. The number of carboxylic acids is 1. The minimum atomic E-state index is -1.00. The van der Waals surface area contributed by atoms with Gasteiger partial charge in [-0.15, -0.1) is 0 Å². The van der Waals surface area contributed by atoms with Crippen molar-refractivity contribution in [3.05, 3.63) is 59.7 Å². The highest BCUT2D eigenvalue weighted by atomic mass is 16.5. The molecule has 2 rings (SSSR count). The van der Waals surface area contributed by atoms with E-state index in [0.717, 1.165) is 6.42 Å². The van der Waals surface area contributed by atoms with E-state index in [1.807, 2.05) is 24.3 Å². The van der Waals surface area contributed by atoms with Gasteiger partial charge < -0.3 is 15.2 Å². The Morgan fingerprint density at radius 1 is 1.08 bits per heavy atom. The van der Waals surface area contributed by atoms with Crippen LogP contribution in [0.1, 0.15) is 42.1 Å². The molecule has 24 heavy (non-hydrogen) atoms. The predicted molar refractivity (Wildman–Crippen MR) is 92.7 cm³/mol. The lowest BCUT2D eigenvalue weighted by molar-refractivity contribution is -0.118. The quantitative estimate of drug-likeness (QED) is 0.808. The Morgan fingerprint density at radius 3 is 2.25 bits per heavy atom. The van der Waals surface area contributed by atoms with Gasteiger partial charge in [-0.05, 0) is 54.3 Å². The van der Waals surface area contributed by atoms with E-state index in [9.17, 15) is 9.59 Å². The summed E-state index contributed by atoms with van der Waals surface area (Å²) < 4.78 is 5.46. The molecule has 5 heteroatoms. The molecule has 0 aromatic heterocycles. The number of hydrogen-bond acceptors (Lipinski definition) is 3. The Balaban J connectivity index is 1.85. The molecule has 5 nitrogen and oxygen atoms in total. The van der Waals surface area contributed by atoms with Gasteiger partial charge in [-0.1, -0.05) is 26.0 Å². The molecule has 0 saturated carbocycles. The monoisotopic (exact) mass is 327 g/mol. The standard InChI is InChI=1S/C19H21NO4/c1-3-13(2)14-6-10-17(11-7-14)24-12-18(21)20-16-8-4-15(5-9-16)19(22)23/h4-11,13H,3,12H2,1-2H3,(H,20,21)(H,22,23). The minimum absolute atomic E-state index is 0.108. The number of ether oxygens (including phenoxy) is 1. The summed E-state index contributed by atoms with van der Waals surface area (Å²) in [4.78, 5) is 22.6. The number of carboxylic acid groups (broad SMARTS) is 1. The molecule has 0 heterocycles. The van der Waals surface area contributed by atoms with Gasteiger partial charge in [0.25, 0.3) is 5.91 Å². The van der Waals surface area contributed by atoms with Gasteiger partial charge in [0.2, 0.25) is 0 Å². The van der Waals surface area contributed by atoms with Crippen LogP contribution in [-0.2, 0) is 4.79 Å². The largest absolute Gasteiger partial charge is 0.484 e. The number of carbonyl (C=O) groups is 2. The molecule has 0 bridgehead atoms. The molecular formula is C19H21NO4. The Bertz CT molecular complexity index is 692. The lowest BCUT2D eigenvalue weighted by atomic mass is 9.99. The number of rotatable bonds is 7. The van der Waals surface area contributed by atoms with Crippen molar-refractivity contribution in [2.75, 3.05) is 11.9 Å². The molecule has 0 radical (unpaired) electrons. The number of anilines is 1. The maximum Gasteiger partial charge on any atom is 0.335 e. The van der Waals surface area contributed by atoms with E-state index in [4.69, 9.17) is 9.84 Å². The van der Waals surface area contributed by atoms with Gasteiger partial charge in [0.15, 0.2) is 6.61 Å². The van der Waals surface area contributed by atoms with Crippen molar-refractivity contribution >= 4 is 17.6 Å². The second kappa shape index (κ2) is 8.15. The summed E-state index contributed by atoms with van der Waals surface area (Å²) in [5.41, 5.74) is 1.94. The Morgan fingerprint density at radius 2 is 1.71 bits per heavy atom. The molecule has 0 aliphatic heterocycles. The van der Waals surface area contributed by atoms with Crippen molar-refractivity contribution in [2.24, 2.45) is 0 Å². The summed E-state index contributed by atoms with van der Waals surface area (Å²) in [5, 5.41) is 11.5. The molecule has 1 atom stereocenters. The molecule has 2 N–H and O–H groups in total. The highest BCUT2D eigenvalue weighted by molar-refractivity contribution is 5.93. The fourth-order valence-electron chi connectivity index (χ4n) is 2.17. The van der Waals surface area contributed by atoms with Crippen LogP contribution in [0.4, 0.5) is 5.69 Å². The number of hydrogen-bond donors (Lipinski definition) is 2. The van der Waals surface area contributed by atoms with Crippen molar-refractivity contribution in [3.8, 4) is 5.75 Å². The third-order valence-electron chi connectivity index (χ3n) is 3.85. The van der Waals surface area contributed by atoms with E-state index in [0.29, 0.717) is 17.4 Å². The molecule has 0 fully saturated rings. The average molecular weight is 327 g/mol. The van der Waals surface area contributed by atoms with Crippen LogP contribution in [-0.4, -0.2) is 23.6 Å².